The van der Waals surface area contributed by atoms with Crippen LogP contribution in [0, 0.1) is 0 Å². The average Bonchev–Trinajstić information content (AvgIpc) is 3.09. The van der Waals surface area contributed by atoms with Crippen molar-refractivity contribution in [1.29, 1.82) is 0 Å². The van der Waals surface area contributed by atoms with Gasteiger partial charge in [0.15, 0.2) is 0 Å². The molecule has 0 aliphatic carbocycles. The van der Waals surface area contributed by atoms with Crippen LogP contribution in [0.25, 0.3) is 0 Å². The van der Waals surface area contributed by atoms with Gasteiger partial charge >= 0.3 is 0 Å². The second-order valence-electron chi connectivity index (χ2n) is 3.98. The van der Waals surface area contributed by atoms with E-state index in [9.17, 15) is 0 Å². The summed E-state index contributed by atoms with van der Waals surface area (Å²) in [6.45, 7) is 0. The summed E-state index contributed by atoms with van der Waals surface area (Å²) in [5, 5.41) is 0. The first-order valence-corrected chi connectivity index (χ1v) is 5.62. The molecule has 1 N–H and O–H groups in total. The van der Waals surface area contributed by atoms with Crippen molar-refractivity contribution in [3.05, 3.63) is 72.3 Å². The summed E-state index contributed by atoms with van der Waals surface area (Å²) in [5.74, 6) is 2.08. The normalized spacial score (nSPS) is 12.7. The molecule has 0 aliphatic rings. The van der Waals surface area contributed by atoms with Gasteiger partial charge in [0, 0.05) is 18.3 Å². The van der Waals surface area contributed by atoms with Gasteiger partial charge in [0.1, 0.15) is 11.5 Å². The van der Waals surface area contributed by atoms with Crippen molar-refractivity contribution in [3.63, 3.8) is 0 Å². The van der Waals surface area contributed by atoms with Gasteiger partial charge in [0.25, 0.3) is 0 Å². The van der Waals surface area contributed by atoms with Crippen molar-refractivity contribution in [2.45, 2.75) is 12.3 Å². The molecule has 0 bridgehead atoms. The molecule has 0 aromatic carbocycles. The number of H-pyrrole nitrogens is 1. The van der Waals surface area contributed by atoms with Crippen LogP contribution in [0.4, 0.5) is 0 Å². The first-order chi connectivity index (χ1) is 8.43. The molecule has 86 valence electrons. The molecule has 3 aromatic rings. The molecule has 0 saturated carbocycles. The highest BCUT2D eigenvalue weighted by molar-refractivity contribution is 5.23. The number of hydrogen-bond acceptors (Lipinski definition) is 2. The van der Waals surface area contributed by atoms with Gasteiger partial charge in [-0.2, -0.15) is 0 Å². The second kappa shape index (κ2) is 4.37. The highest BCUT2D eigenvalue weighted by Crippen LogP contribution is 2.27. The van der Waals surface area contributed by atoms with E-state index >= 15 is 0 Å². The quantitative estimate of drug-likeness (QED) is 0.740. The third-order valence-corrected chi connectivity index (χ3v) is 2.87. The molecule has 3 heterocycles. The SMILES string of the molecule is c1c[nH]c(C(Cc2ccco2)c2ccco2)c1. The Hall–Kier alpha value is -2.16. The summed E-state index contributed by atoms with van der Waals surface area (Å²) in [6.07, 6.45) is 6.12. The first-order valence-electron chi connectivity index (χ1n) is 5.62. The van der Waals surface area contributed by atoms with Crippen LogP contribution in [0.15, 0.2) is 64.0 Å². The fourth-order valence-corrected chi connectivity index (χ4v) is 2.04. The van der Waals surface area contributed by atoms with Crippen molar-refractivity contribution in [1.82, 2.24) is 4.98 Å². The monoisotopic (exact) mass is 227 g/mol. The molecular weight excluding hydrogens is 214 g/mol. The Morgan fingerprint density at radius 3 is 2.53 bits per heavy atom. The molecule has 3 heteroatoms. The second-order valence-corrected chi connectivity index (χ2v) is 3.98. The molecule has 0 saturated heterocycles. The lowest BCUT2D eigenvalue weighted by molar-refractivity contribution is 0.448. The third-order valence-electron chi connectivity index (χ3n) is 2.87. The molecule has 1 atom stereocenters. The molecule has 0 fully saturated rings. The lowest BCUT2D eigenvalue weighted by atomic mass is 9.97. The zero-order chi connectivity index (χ0) is 11.5. The standard InChI is InChI=1S/C14H13NO2/c1-5-13(15-7-1)12(14-6-3-9-17-14)10-11-4-2-8-16-11/h1-9,12,15H,10H2. The van der Waals surface area contributed by atoms with Gasteiger partial charge in [-0.3, -0.25) is 0 Å². The largest absolute Gasteiger partial charge is 0.469 e. The van der Waals surface area contributed by atoms with E-state index in [1.165, 1.54) is 0 Å². The van der Waals surface area contributed by atoms with Crippen LogP contribution in [0.5, 0.6) is 0 Å². The zero-order valence-electron chi connectivity index (χ0n) is 9.30. The molecule has 0 amide bonds. The number of aromatic amines is 1. The van der Waals surface area contributed by atoms with Gasteiger partial charge in [0.2, 0.25) is 0 Å². The fourth-order valence-electron chi connectivity index (χ4n) is 2.04. The summed E-state index contributed by atoms with van der Waals surface area (Å²) in [4.78, 5) is 3.24. The first kappa shape index (κ1) is 10.0. The van der Waals surface area contributed by atoms with Crippen molar-refractivity contribution >= 4 is 0 Å². The van der Waals surface area contributed by atoms with E-state index in [-0.39, 0.29) is 5.92 Å². The van der Waals surface area contributed by atoms with Crippen molar-refractivity contribution < 1.29 is 8.83 Å². The van der Waals surface area contributed by atoms with Crippen LogP contribution in [0.3, 0.4) is 0 Å². The summed E-state index contributed by atoms with van der Waals surface area (Å²) in [6, 6.07) is 11.9. The van der Waals surface area contributed by atoms with E-state index in [1.807, 2.05) is 36.5 Å². The predicted octanol–water partition coefficient (Wildman–Crippen LogP) is 3.58. The smallest absolute Gasteiger partial charge is 0.113 e. The Labute approximate surface area is 99.1 Å². The van der Waals surface area contributed by atoms with Gasteiger partial charge in [0.05, 0.1) is 18.4 Å². The molecule has 1 unspecified atom stereocenters. The maximum Gasteiger partial charge on any atom is 0.113 e. The molecule has 3 aromatic heterocycles. The number of nitrogens with one attached hydrogen (secondary N) is 1. The summed E-state index contributed by atoms with van der Waals surface area (Å²) in [7, 11) is 0. The minimum absolute atomic E-state index is 0.172. The number of furan rings is 2. The molecule has 0 radical (unpaired) electrons. The Morgan fingerprint density at radius 1 is 1.00 bits per heavy atom. The summed E-state index contributed by atoms with van der Waals surface area (Å²) < 4.78 is 10.9. The van der Waals surface area contributed by atoms with E-state index in [1.54, 1.807) is 12.5 Å². The topological polar surface area (TPSA) is 42.1 Å². The maximum absolute atomic E-state index is 5.51. The molecular formula is C14H13NO2. The van der Waals surface area contributed by atoms with E-state index in [4.69, 9.17) is 8.83 Å². The molecule has 0 aliphatic heterocycles. The Kier molecular flexibility index (Phi) is 2.58. The van der Waals surface area contributed by atoms with Gasteiger partial charge in [-0.15, -0.1) is 0 Å². The molecule has 17 heavy (non-hydrogen) atoms. The Balaban J connectivity index is 1.92. The Bertz CT molecular complexity index is 501. The summed E-state index contributed by atoms with van der Waals surface area (Å²) in [5.41, 5.74) is 1.14. The van der Waals surface area contributed by atoms with Crippen LogP contribution < -0.4 is 0 Å². The van der Waals surface area contributed by atoms with E-state index < -0.39 is 0 Å². The Morgan fingerprint density at radius 2 is 1.88 bits per heavy atom. The maximum atomic E-state index is 5.51. The highest BCUT2D eigenvalue weighted by Gasteiger charge is 2.19. The highest BCUT2D eigenvalue weighted by atomic mass is 16.3. The summed E-state index contributed by atoms with van der Waals surface area (Å²) >= 11 is 0. The third kappa shape index (κ3) is 2.04. The van der Waals surface area contributed by atoms with Gasteiger partial charge in [-0.25, -0.2) is 0 Å². The number of hydrogen-bond donors (Lipinski definition) is 1. The van der Waals surface area contributed by atoms with E-state index in [0.717, 1.165) is 23.6 Å². The molecule has 3 nitrogen and oxygen atoms in total. The molecule has 3 rings (SSSR count). The van der Waals surface area contributed by atoms with Gasteiger partial charge in [-0.05, 0) is 36.4 Å². The minimum Gasteiger partial charge on any atom is -0.469 e. The van der Waals surface area contributed by atoms with Gasteiger partial charge < -0.3 is 13.8 Å². The lowest BCUT2D eigenvalue weighted by Gasteiger charge is -2.11. The van der Waals surface area contributed by atoms with Crippen LogP contribution in [-0.2, 0) is 6.42 Å². The van der Waals surface area contributed by atoms with Crippen molar-refractivity contribution in [2.75, 3.05) is 0 Å². The fraction of sp³-hybridized carbons (Fsp3) is 0.143. The minimum atomic E-state index is 0.172. The van der Waals surface area contributed by atoms with Crippen molar-refractivity contribution in [3.8, 4) is 0 Å². The zero-order valence-corrected chi connectivity index (χ0v) is 9.30. The number of rotatable bonds is 4. The lowest BCUT2D eigenvalue weighted by Crippen LogP contribution is -2.03. The number of aromatic nitrogens is 1. The van der Waals surface area contributed by atoms with E-state index in [0.29, 0.717) is 0 Å². The average molecular weight is 227 g/mol. The van der Waals surface area contributed by atoms with Crippen LogP contribution >= 0.6 is 0 Å². The van der Waals surface area contributed by atoms with Gasteiger partial charge in [-0.1, -0.05) is 0 Å². The predicted molar refractivity (Wildman–Crippen MR) is 63.8 cm³/mol. The molecule has 0 spiro atoms. The van der Waals surface area contributed by atoms with Crippen LogP contribution in [0.2, 0.25) is 0 Å². The van der Waals surface area contributed by atoms with Crippen LogP contribution in [0.1, 0.15) is 23.1 Å². The van der Waals surface area contributed by atoms with Crippen molar-refractivity contribution in [2.24, 2.45) is 0 Å². The van der Waals surface area contributed by atoms with Crippen LogP contribution in [-0.4, -0.2) is 4.98 Å². The van der Waals surface area contributed by atoms with E-state index in [2.05, 4.69) is 11.1 Å².